The fourth-order valence-electron chi connectivity index (χ4n) is 2.83. The molecule has 2 fully saturated rings. The Kier molecular flexibility index (Phi) is 4.70. The minimum absolute atomic E-state index is 0.238. The van der Waals surface area contributed by atoms with Crippen molar-refractivity contribution < 1.29 is 0 Å². The van der Waals surface area contributed by atoms with Crippen LogP contribution in [0, 0.1) is 34.5 Å². The number of azo groups is 1. The maximum atomic E-state index is 8.83. The first-order valence-electron chi connectivity index (χ1n) is 7.01. The Hall–Kier alpha value is -1.42. The van der Waals surface area contributed by atoms with E-state index in [2.05, 4.69) is 22.4 Å². The smallest absolute Gasteiger partial charge is 0.0709 e. The van der Waals surface area contributed by atoms with Gasteiger partial charge in [0, 0.05) is 11.8 Å². The molecule has 0 saturated heterocycles. The highest BCUT2D eigenvalue weighted by atomic mass is 15.1. The van der Waals surface area contributed by atoms with E-state index in [1.807, 2.05) is 0 Å². The second-order valence-corrected chi connectivity index (χ2v) is 5.50. The molecule has 96 valence electrons. The molecule has 0 spiro atoms. The maximum Gasteiger partial charge on any atom is 0.0709 e. The van der Waals surface area contributed by atoms with Gasteiger partial charge in [-0.2, -0.15) is 20.8 Å². The molecule has 2 saturated carbocycles. The SMILES string of the molecule is N#CC1CCC(/N=N/C2CCC(C#N)CC2)CC1. The highest BCUT2D eigenvalue weighted by Gasteiger charge is 2.23. The Morgan fingerprint density at radius 3 is 1.22 bits per heavy atom. The number of rotatable bonds is 2. The summed E-state index contributed by atoms with van der Waals surface area (Å²) in [7, 11) is 0. The van der Waals surface area contributed by atoms with Gasteiger partial charge < -0.3 is 0 Å². The second-order valence-electron chi connectivity index (χ2n) is 5.50. The normalized spacial score (nSPS) is 37.0. The first-order valence-corrected chi connectivity index (χ1v) is 7.01. The monoisotopic (exact) mass is 244 g/mol. The summed E-state index contributed by atoms with van der Waals surface area (Å²) in [4.78, 5) is 0. The average molecular weight is 244 g/mol. The molecule has 2 rings (SSSR count). The summed E-state index contributed by atoms with van der Waals surface area (Å²) in [6, 6.07) is 5.35. The van der Waals surface area contributed by atoms with E-state index < -0.39 is 0 Å². The zero-order valence-corrected chi connectivity index (χ0v) is 10.8. The van der Waals surface area contributed by atoms with Gasteiger partial charge in [-0.05, 0) is 51.4 Å². The Labute approximate surface area is 109 Å². The summed E-state index contributed by atoms with van der Waals surface area (Å²) in [5, 5.41) is 26.6. The predicted molar refractivity (Wildman–Crippen MR) is 67.6 cm³/mol. The lowest BCUT2D eigenvalue weighted by atomic mass is 9.87. The standard InChI is InChI=1S/C14H20N4/c15-9-11-1-5-13(6-2-11)17-18-14-7-3-12(10-16)4-8-14/h11-14H,1-8H2/b18-17+. The zero-order valence-electron chi connectivity index (χ0n) is 10.8. The van der Waals surface area contributed by atoms with Crippen LogP contribution in [0.3, 0.4) is 0 Å². The van der Waals surface area contributed by atoms with Crippen LogP contribution >= 0.6 is 0 Å². The molecule has 0 N–H and O–H groups in total. The molecular weight excluding hydrogens is 224 g/mol. The summed E-state index contributed by atoms with van der Waals surface area (Å²) in [5.41, 5.74) is 0. The van der Waals surface area contributed by atoms with E-state index in [1.54, 1.807) is 0 Å². The number of nitrogens with zero attached hydrogens (tertiary/aromatic N) is 4. The van der Waals surface area contributed by atoms with E-state index in [9.17, 15) is 0 Å². The minimum atomic E-state index is 0.238. The van der Waals surface area contributed by atoms with Gasteiger partial charge in [0.05, 0.1) is 24.2 Å². The summed E-state index contributed by atoms with van der Waals surface area (Å²) in [6.07, 6.45) is 7.93. The summed E-state index contributed by atoms with van der Waals surface area (Å²) in [5.74, 6) is 0.477. The van der Waals surface area contributed by atoms with E-state index in [-0.39, 0.29) is 11.8 Å². The Bertz CT molecular complexity index is 324. The highest BCUT2D eigenvalue weighted by Crippen LogP contribution is 2.28. The molecule has 4 nitrogen and oxygen atoms in total. The van der Waals surface area contributed by atoms with Crippen LogP contribution < -0.4 is 0 Å². The largest absolute Gasteiger partial charge is 0.198 e. The van der Waals surface area contributed by atoms with E-state index in [0.29, 0.717) is 12.1 Å². The molecule has 0 aromatic heterocycles. The van der Waals surface area contributed by atoms with E-state index in [4.69, 9.17) is 10.5 Å². The van der Waals surface area contributed by atoms with Crippen molar-refractivity contribution >= 4 is 0 Å². The molecule has 0 atom stereocenters. The molecule has 0 heterocycles. The van der Waals surface area contributed by atoms with Crippen molar-refractivity contribution in [2.45, 2.75) is 63.5 Å². The molecule has 18 heavy (non-hydrogen) atoms. The number of nitriles is 2. The first-order chi connectivity index (χ1) is 8.81. The number of hydrogen-bond donors (Lipinski definition) is 0. The van der Waals surface area contributed by atoms with Crippen molar-refractivity contribution in [2.24, 2.45) is 22.1 Å². The molecule has 2 aliphatic rings. The maximum absolute atomic E-state index is 8.83. The van der Waals surface area contributed by atoms with Crippen molar-refractivity contribution in [3.05, 3.63) is 0 Å². The van der Waals surface area contributed by atoms with Gasteiger partial charge >= 0.3 is 0 Å². The van der Waals surface area contributed by atoms with Gasteiger partial charge in [0.15, 0.2) is 0 Å². The predicted octanol–water partition coefficient (Wildman–Crippen LogP) is 3.60. The highest BCUT2D eigenvalue weighted by molar-refractivity contribution is 4.90. The van der Waals surface area contributed by atoms with Crippen LogP contribution in [0.1, 0.15) is 51.4 Å². The Morgan fingerprint density at radius 1 is 0.611 bits per heavy atom. The quantitative estimate of drug-likeness (QED) is 0.696. The molecule has 0 radical (unpaired) electrons. The van der Waals surface area contributed by atoms with E-state index in [0.717, 1.165) is 51.4 Å². The average Bonchev–Trinajstić information content (AvgIpc) is 2.46. The van der Waals surface area contributed by atoms with Crippen molar-refractivity contribution in [3.63, 3.8) is 0 Å². The van der Waals surface area contributed by atoms with E-state index in [1.165, 1.54) is 0 Å². The van der Waals surface area contributed by atoms with Crippen molar-refractivity contribution in [1.29, 1.82) is 10.5 Å². The van der Waals surface area contributed by atoms with E-state index >= 15 is 0 Å². The van der Waals surface area contributed by atoms with Crippen LogP contribution in [0.4, 0.5) is 0 Å². The third kappa shape index (κ3) is 3.53. The Morgan fingerprint density at radius 2 is 0.944 bits per heavy atom. The molecule has 0 aromatic carbocycles. The topological polar surface area (TPSA) is 72.3 Å². The molecule has 0 aliphatic heterocycles. The van der Waals surface area contributed by atoms with Gasteiger partial charge in [0.2, 0.25) is 0 Å². The molecule has 0 unspecified atom stereocenters. The lowest BCUT2D eigenvalue weighted by Crippen LogP contribution is -2.18. The fourth-order valence-corrected chi connectivity index (χ4v) is 2.83. The first kappa shape index (κ1) is 13.0. The zero-order chi connectivity index (χ0) is 12.8. The van der Waals surface area contributed by atoms with Crippen molar-refractivity contribution in [3.8, 4) is 12.1 Å². The van der Waals surface area contributed by atoms with Crippen LogP contribution in [0.2, 0.25) is 0 Å². The van der Waals surface area contributed by atoms with Crippen LogP contribution in [-0.2, 0) is 0 Å². The van der Waals surface area contributed by atoms with Gasteiger partial charge in [-0.3, -0.25) is 0 Å². The van der Waals surface area contributed by atoms with Crippen LogP contribution in [0.15, 0.2) is 10.2 Å². The molecule has 0 bridgehead atoms. The van der Waals surface area contributed by atoms with Gasteiger partial charge in [-0.25, -0.2) is 0 Å². The van der Waals surface area contributed by atoms with Gasteiger partial charge in [0.25, 0.3) is 0 Å². The molecule has 4 heteroatoms. The molecule has 0 amide bonds. The summed E-state index contributed by atoms with van der Waals surface area (Å²) in [6.45, 7) is 0. The third-order valence-corrected chi connectivity index (χ3v) is 4.15. The fraction of sp³-hybridized carbons (Fsp3) is 0.857. The van der Waals surface area contributed by atoms with Crippen molar-refractivity contribution in [2.75, 3.05) is 0 Å². The third-order valence-electron chi connectivity index (χ3n) is 4.15. The lowest BCUT2D eigenvalue weighted by Gasteiger charge is -2.23. The van der Waals surface area contributed by atoms with Gasteiger partial charge in [-0.15, -0.1) is 0 Å². The van der Waals surface area contributed by atoms with Crippen LogP contribution in [-0.4, -0.2) is 12.1 Å². The van der Waals surface area contributed by atoms with Crippen molar-refractivity contribution in [1.82, 2.24) is 0 Å². The molecular formula is C14H20N4. The van der Waals surface area contributed by atoms with Crippen LogP contribution in [0.5, 0.6) is 0 Å². The summed E-state index contributed by atoms with van der Waals surface area (Å²) < 4.78 is 0. The van der Waals surface area contributed by atoms with Crippen LogP contribution in [0.25, 0.3) is 0 Å². The minimum Gasteiger partial charge on any atom is -0.198 e. The molecule has 2 aliphatic carbocycles. The summed E-state index contributed by atoms with van der Waals surface area (Å²) >= 11 is 0. The van der Waals surface area contributed by atoms with Gasteiger partial charge in [-0.1, -0.05) is 0 Å². The molecule has 0 aromatic rings. The second kappa shape index (κ2) is 6.50. The lowest BCUT2D eigenvalue weighted by molar-refractivity contribution is 0.343. The Balaban J connectivity index is 1.72. The number of hydrogen-bond acceptors (Lipinski definition) is 4. The van der Waals surface area contributed by atoms with Gasteiger partial charge in [0.1, 0.15) is 0 Å².